The third-order valence-electron chi connectivity index (χ3n) is 2.16. The number of benzene rings is 1. The van der Waals surface area contributed by atoms with Gasteiger partial charge in [0.05, 0.1) is 13.5 Å². The summed E-state index contributed by atoms with van der Waals surface area (Å²) in [7, 11) is 1.35. The summed E-state index contributed by atoms with van der Waals surface area (Å²) in [6, 6.07) is 4.60. The van der Waals surface area contributed by atoms with Crippen molar-refractivity contribution in [2.75, 3.05) is 12.4 Å². The van der Waals surface area contributed by atoms with E-state index >= 15 is 0 Å². The Kier molecular flexibility index (Phi) is 4.28. The predicted octanol–water partition coefficient (Wildman–Crippen LogP) is 2.50. The largest absolute Gasteiger partial charge is 0.469 e. The van der Waals surface area contributed by atoms with E-state index in [2.05, 4.69) is 10.1 Å². The van der Waals surface area contributed by atoms with Gasteiger partial charge in [-0.3, -0.25) is 4.79 Å². The van der Waals surface area contributed by atoms with Crippen molar-refractivity contribution >= 4 is 11.7 Å². The summed E-state index contributed by atoms with van der Waals surface area (Å²) in [5, 5.41) is 3.05. The summed E-state index contributed by atoms with van der Waals surface area (Å²) >= 11 is 0. The maximum absolute atomic E-state index is 13.1. The lowest BCUT2D eigenvalue weighted by atomic mass is 10.2. The van der Waals surface area contributed by atoms with E-state index in [0.29, 0.717) is 5.69 Å². The Morgan fingerprint density at radius 1 is 1.50 bits per heavy atom. The van der Waals surface area contributed by atoms with E-state index in [4.69, 9.17) is 0 Å². The molecule has 0 aliphatic rings. The van der Waals surface area contributed by atoms with Crippen LogP contribution in [0.5, 0.6) is 0 Å². The summed E-state index contributed by atoms with van der Waals surface area (Å²) < 4.78 is 17.6. The molecule has 0 fully saturated rings. The van der Waals surface area contributed by atoms with Crippen LogP contribution in [0.25, 0.3) is 0 Å². The average molecular weight is 225 g/mol. The van der Waals surface area contributed by atoms with Gasteiger partial charge in [0.2, 0.25) is 0 Å². The van der Waals surface area contributed by atoms with Gasteiger partial charge in [-0.25, -0.2) is 4.39 Å². The number of rotatable bonds is 4. The molecule has 0 saturated heterocycles. The fourth-order valence-corrected chi connectivity index (χ4v) is 1.49. The summed E-state index contributed by atoms with van der Waals surface area (Å²) in [4.78, 5) is 11.0. The van der Waals surface area contributed by atoms with Crippen LogP contribution in [0.15, 0.2) is 18.2 Å². The molecular formula is C12H16FNO2. The van der Waals surface area contributed by atoms with Gasteiger partial charge in [0, 0.05) is 11.7 Å². The number of ether oxygens (including phenoxy) is 1. The van der Waals surface area contributed by atoms with E-state index in [-0.39, 0.29) is 24.2 Å². The molecule has 0 saturated carbocycles. The fourth-order valence-electron chi connectivity index (χ4n) is 1.49. The molecule has 1 atom stereocenters. The highest BCUT2D eigenvalue weighted by Gasteiger charge is 2.09. The molecule has 16 heavy (non-hydrogen) atoms. The monoisotopic (exact) mass is 225 g/mol. The normalized spacial score (nSPS) is 12.0. The zero-order valence-corrected chi connectivity index (χ0v) is 9.71. The number of anilines is 1. The highest BCUT2D eigenvalue weighted by Crippen LogP contribution is 2.15. The molecule has 1 aromatic carbocycles. The van der Waals surface area contributed by atoms with Crippen LogP contribution in [-0.4, -0.2) is 19.1 Å². The SMILES string of the molecule is COC(=O)CC(C)Nc1cc(C)cc(F)c1. The van der Waals surface area contributed by atoms with Gasteiger partial charge in [-0.15, -0.1) is 0 Å². The lowest BCUT2D eigenvalue weighted by Gasteiger charge is -2.14. The van der Waals surface area contributed by atoms with Crippen LogP contribution in [0.4, 0.5) is 10.1 Å². The summed E-state index contributed by atoms with van der Waals surface area (Å²) in [5.41, 5.74) is 1.52. The number of hydrogen-bond acceptors (Lipinski definition) is 3. The second kappa shape index (κ2) is 5.49. The quantitative estimate of drug-likeness (QED) is 0.800. The van der Waals surface area contributed by atoms with E-state index < -0.39 is 0 Å². The van der Waals surface area contributed by atoms with Gasteiger partial charge in [-0.1, -0.05) is 0 Å². The van der Waals surface area contributed by atoms with Crippen LogP contribution in [-0.2, 0) is 9.53 Å². The lowest BCUT2D eigenvalue weighted by molar-refractivity contribution is -0.140. The zero-order valence-electron chi connectivity index (χ0n) is 9.71. The predicted molar refractivity (Wildman–Crippen MR) is 60.9 cm³/mol. The van der Waals surface area contributed by atoms with Crippen molar-refractivity contribution in [1.29, 1.82) is 0 Å². The molecule has 1 unspecified atom stereocenters. The number of methoxy groups -OCH3 is 1. The molecule has 0 radical (unpaired) electrons. The topological polar surface area (TPSA) is 38.3 Å². The van der Waals surface area contributed by atoms with Crippen molar-refractivity contribution in [1.82, 2.24) is 0 Å². The minimum Gasteiger partial charge on any atom is -0.469 e. The second-order valence-electron chi connectivity index (χ2n) is 3.84. The summed E-state index contributed by atoms with van der Waals surface area (Å²) in [5.74, 6) is -0.569. The number of aryl methyl sites for hydroxylation is 1. The van der Waals surface area contributed by atoms with E-state index in [9.17, 15) is 9.18 Å². The molecule has 0 aliphatic carbocycles. The highest BCUT2D eigenvalue weighted by atomic mass is 19.1. The molecule has 4 heteroatoms. The molecule has 0 aromatic heterocycles. The van der Waals surface area contributed by atoms with Crippen LogP contribution < -0.4 is 5.32 Å². The molecular weight excluding hydrogens is 209 g/mol. The van der Waals surface area contributed by atoms with Crippen molar-refractivity contribution in [3.8, 4) is 0 Å². The molecule has 3 nitrogen and oxygen atoms in total. The van der Waals surface area contributed by atoms with Crippen molar-refractivity contribution in [2.45, 2.75) is 26.3 Å². The van der Waals surface area contributed by atoms with E-state index in [1.165, 1.54) is 19.2 Å². The minimum atomic E-state index is -0.284. The van der Waals surface area contributed by atoms with E-state index in [1.54, 1.807) is 0 Å². The zero-order chi connectivity index (χ0) is 12.1. The van der Waals surface area contributed by atoms with Crippen LogP contribution in [0.2, 0.25) is 0 Å². The Morgan fingerprint density at radius 2 is 2.19 bits per heavy atom. The van der Waals surface area contributed by atoms with Crippen LogP contribution in [0.1, 0.15) is 18.9 Å². The van der Waals surface area contributed by atoms with Gasteiger partial charge in [0.1, 0.15) is 5.82 Å². The van der Waals surface area contributed by atoms with Gasteiger partial charge >= 0.3 is 5.97 Å². The van der Waals surface area contributed by atoms with Crippen LogP contribution in [0.3, 0.4) is 0 Å². The third-order valence-corrected chi connectivity index (χ3v) is 2.16. The first kappa shape index (κ1) is 12.5. The smallest absolute Gasteiger partial charge is 0.307 e. The Labute approximate surface area is 94.6 Å². The standard InChI is InChI=1S/C12H16FNO2/c1-8-4-10(13)7-11(5-8)14-9(2)6-12(15)16-3/h4-5,7,9,14H,6H2,1-3H3. The second-order valence-corrected chi connectivity index (χ2v) is 3.84. The molecule has 0 heterocycles. The van der Waals surface area contributed by atoms with Gasteiger partial charge in [0.15, 0.2) is 0 Å². The molecule has 1 rings (SSSR count). The van der Waals surface area contributed by atoms with Crippen molar-refractivity contribution in [3.05, 3.63) is 29.6 Å². The van der Waals surface area contributed by atoms with E-state index in [1.807, 2.05) is 19.9 Å². The van der Waals surface area contributed by atoms with Crippen LogP contribution >= 0.6 is 0 Å². The van der Waals surface area contributed by atoms with Crippen LogP contribution in [0, 0.1) is 12.7 Å². The molecule has 1 N–H and O–H groups in total. The fraction of sp³-hybridized carbons (Fsp3) is 0.417. The molecule has 0 amide bonds. The third kappa shape index (κ3) is 3.88. The first-order valence-corrected chi connectivity index (χ1v) is 5.12. The molecule has 0 aliphatic heterocycles. The van der Waals surface area contributed by atoms with Gasteiger partial charge in [-0.05, 0) is 37.6 Å². The molecule has 0 bridgehead atoms. The number of carbonyl (C=O) groups excluding carboxylic acids is 1. The molecule has 1 aromatic rings. The van der Waals surface area contributed by atoms with Gasteiger partial charge in [-0.2, -0.15) is 0 Å². The number of esters is 1. The Balaban J connectivity index is 2.62. The number of hydrogen-bond donors (Lipinski definition) is 1. The average Bonchev–Trinajstić information content (AvgIpc) is 2.15. The minimum absolute atomic E-state index is 0.0892. The number of nitrogens with one attached hydrogen (secondary N) is 1. The van der Waals surface area contributed by atoms with Crippen molar-refractivity contribution < 1.29 is 13.9 Å². The Morgan fingerprint density at radius 3 is 2.75 bits per heavy atom. The summed E-state index contributed by atoms with van der Waals surface area (Å²) in [6.07, 6.45) is 0.256. The molecule has 0 spiro atoms. The van der Waals surface area contributed by atoms with Crippen molar-refractivity contribution in [2.24, 2.45) is 0 Å². The highest BCUT2D eigenvalue weighted by molar-refractivity contribution is 5.70. The Bertz CT molecular complexity index is 359. The first-order chi connectivity index (χ1) is 7.51. The maximum Gasteiger partial charge on any atom is 0.307 e. The first-order valence-electron chi connectivity index (χ1n) is 5.12. The summed E-state index contributed by atoms with van der Waals surface area (Å²) in [6.45, 7) is 3.66. The van der Waals surface area contributed by atoms with Gasteiger partial charge in [0.25, 0.3) is 0 Å². The number of carbonyl (C=O) groups is 1. The lowest BCUT2D eigenvalue weighted by Crippen LogP contribution is -2.20. The number of halogens is 1. The molecule has 88 valence electrons. The van der Waals surface area contributed by atoms with Crippen molar-refractivity contribution in [3.63, 3.8) is 0 Å². The van der Waals surface area contributed by atoms with E-state index in [0.717, 1.165) is 5.56 Å². The van der Waals surface area contributed by atoms with Gasteiger partial charge < -0.3 is 10.1 Å². The maximum atomic E-state index is 13.1. The Hall–Kier alpha value is -1.58.